The van der Waals surface area contributed by atoms with Gasteiger partial charge in [0, 0.05) is 6.54 Å². The number of piperazine rings is 1. The van der Waals surface area contributed by atoms with E-state index in [9.17, 15) is 19.2 Å². The molecule has 0 aromatic heterocycles. The zero-order valence-electron chi connectivity index (χ0n) is 9.64. The van der Waals surface area contributed by atoms with Crippen molar-refractivity contribution in [2.75, 3.05) is 26.2 Å². The highest BCUT2D eigenvalue weighted by atomic mass is 16.2. The highest BCUT2D eigenvalue weighted by molar-refractivity contribution is 5.92. The molecule has 9 nitrogen and oxygen atoms in total. The first-order chi connectivity index (χ1) is 8.40. The molecule has 0 aliphatic carbocycles. The molecule has 0 spiro atoms. The molecule has 0 aromatic rings. The summed E-state index contributed by atoms with van der Waals surface area (Å²) >= 11 is 0. The number of nitrogens with zero attached hydrogens (tertiary/aromatic N) is 1. The molecule has 1 heterocycles. The monoisotopic (exact) mass is 257 g/mol. The maximum absolute atomic E-state index is 12.0. The lowest BCUT2D eigenvalue weighted by molar-refractivity contribution is -0.140. The molecule has 0 bridgehead atoms. The van der Waals surface area contributed by atoms with Gasteiger partial charge >= 0.3 is 0 Å². The molecule has 1 rings (SSSR count). The molecule has 9 heteroatoms. The van der Waals surface area contributed by atoms with Crippen LogP contribution in [0.5, 0.6) is 0 Å². The molecule has 1 unspecified atom stereocenters. The molecule has 1 fully saturated rings. The lowest BCUT2D eigenvalue weighted by Crippen LogP contribution is -2.60. The normalized spacial score (nSPS) is 18.9. The van der Waals surface area contributed by atoms with Gasteiger partial charge in [0.1, 0.15) is 6.04 Å². The van der Waals surface area contributed by atoms with E-state index >= 15 is 0 Å². The first-order valence-electron chi connectivity index (χ1n) is 5.25. The van der Waals surface area contributed by atoms with E-state index in [1.54, 1.807) is 0 Å². The van der Waals surface area contributed by atoms with Gasteiger partial charge in [0.05, 0.1) is 19.6 Å². The van der Waals surface area contributed by atoms with Gasteiger partial charge in [-0.05, 0) is 0 Å². The largest absolute Gasteiger partial charge is 0.368 e. The van der Waals surface area contributed by atoms with E-state index in [0.717, 1.165) is 4.90 Å². The lowest BCUT2D eigenvalue weighted by atomic mass is 10.2. The molecular weight excluding hydrogens is 242 g/mol. The molecule has 100 valence electrons. The molecule has 0 radical (unpaired) electrons. The summed E-state index contributed by atoms with van der Waals surface area (Å²) in [6.45, 7) is -0.703. The van der Waals surface area contributed by atoms with Crippen LogP contribution < -0.4 is 22.1 Å². The van der Waals surface area contributed by atoms with Crippen molar-refractivity contribution < 1.29 is 19.2 Å². The minimum Gasteiger partial charge on any atom is -0.368 e. The third-order valence-electron chi connectivity index (χ3n) is 2.32. The van der Waals surface area contributed by atoms with E-state index < -0.39 is 36.9 Å². The van der Waals surface area contributed by atoms with Crippen LogP contribution in [-0.2, 0) is 19.2 Å². The van der Waals surface area contributed by atoms with Crippen LogP contribution in [-0.4, -0.2) is 60.7 Å². The Labute approximate surface area is 103 Å². The van der Waals surface area contributed by atoms with Gasteiger partial charge in [0.15, 0.2) is 0 Å². The summed E-state index contributed by atoms with van der Waals surface area (Å²) in [7, 11) is 0. The van der Waals surface area contributed by atoms with Crippen molar-refractivity contribution in [2.24, 2.45) is 11.5 Å². The van der Waals surface area contributed by atoms with Gasteiger partial charge < -0.3 is 21.7 Å². The number of rotatable bonds is 5. The minimum atomic E-state index is -0.746. The van der Waals surface area contributed by atoms with Gasteiger partial charge in [-0.3, -0.25) is 24.5 Å². The van der Waals surface area contributed by atoms with Crippen molar-refractivity contribution in [3.8, 4) is 0 Å². The first kappa shape index (κ1) is 13.9. The Morgan fingerprint density at radius 2 is 1.78 bits per heavy atom. The quantitative estimate of drug-likeness (QED) is 0.395. The van der Waals surface area contributed by atoms with Crippen LogP contribution in [0.3, 0.4) is 0 Å². The second-order valence-electron chi connectivity index (χ2n) is 3.86. The molecule has 1 aliphatic heterocycles. The smallest absolute Gasteiger partial charge is 0.242 e. The van der Waals surface area contributed by atoms with Crippen molar-refractivity contribution in [1.29, 1.82) is 0 Å². The second kappa shape index (κ2) is 5.96. The first-order valence-corrected chi connectivity index (χ1v) is 5.25. The fourth-order valence-corrected chi connectivity index (χ4v) is 1.55. The highest BCUT2D eigenvalue weighted by Crippen LogP contribution is 1.97. The molecule has 6 N–H and O–H groups in total. The van der Waals surface area contributed by atoms with E-state index in [1.165, 1.54) is 0 Å². The Morgan fingerprint density at radius 1 is 1.22 bits per heavy atom. The van der Waals surface area contributed by atoms with Crippen LogP contribution in [0.4, 0.5) is 0 Å². The van der Waals surface area contributed by atoms with Gasteiger partial charge in [-0.1, -0.05) is 0 Å². The number of hydrogen-bond donors (Lipinski definition) is 4. The molecule has 0 aromatic carbocycles. The number of primary amides is 2. The molecule has 0 saturated carbocycles. The van der Waals surface area contributed by atoms with Crippen molar-refractivity contribution in [1.82, 2.24) is 15.5 Å². The minimum absolute atomic E-state index is 0.00259. The Morgan fingerprint density at radius 3 is 2.17 bits per heavy atom. The van der Waals surface area contributed by atoms with Crippen molar-refractivity contribution in [3.05, 3.63) is 0 Å². The van der Waals surface area contributed by atoms with Crippen LogP contribution in [0.2, 0.25) is 0 Å². The summed E-state index contributed by atoms with van der Waals surface area (Å²) in [5, 5.41) is 5.18. The molecule has 18 heavy (non-hydrogen) atoms. The predicted octanol–water partition coefficient (Wildman–Crippen LogP) is -4.13. The van der Waals surface area contributed by atoms with Gasteiger partial charge in [-0.2, -0.15) is 0 Å². The Balaban J connectivity index is 2.65. The number of carbonyl (C=O) groups is 4. The van der Waals surface area contributed by atoms with E-state index in [1.807, 2.05) is 0 Å². The molecule has 1 saturated heterocycles. The van der Waals surface area contributed by atoms with Crippen molar-refractivity contribution >= 4 is 23.6 Å². The average Bonchev–Trinajstić information content (AvgIpc) is 2.27. The van der Waals surface area contributed by atoms with E-state index in [-0.39, 0.29) is 19.0 Å². The summed E-state index contributed by atoms with van der Waals surface area (Å²) in [6, 6.07) is -0.693. The number of hydrogen-bond acceptors (Lipinski definition) is 5. The van der Waals surface area contributed by atoms with Crippen LogP contribution >= 0.6 is 0 Å². The zero-order chi connectivity index (χ0) is 13.7. The summed E-state index contributed by atoms with van der Waals surface area (Å²) in [6.07, 6.45) is 0. The number of carbonyl (C=O) groups excluding carboxylic acids is 4. The lowest BCUT2D eigenvalue weighted by Gasteiger charge is -2.28. The van der Waals surface area contributed by atoms with E-state index in [2.05, 4.69) is 10.6 Å². The van der Waals surface area contributed by atoms with Crippen molar-refractivity contribution in [2.45, 2.75) is 6.04 Å². The molecular formula is C9H15N5O4. The van der Waals surface area contributed by atoms with E-state index in [4.69, 9.17) is 11.5 Å². The fourth-order valence-electron chi connectivity index (χ4n) is 1.55. The van der Waals surface area contributed by atoms with Crippen LogP contribution in [0, 0.1) is 0 Å². The third kappa shape index (κ3) is 4.01. The van der Waals surface area contributed by atoms with Gasteiger partial charge in [-0.15, -0.1) is 0 Å². The molecule has 1 atom stereocenters. The van der Waals surface area contributed by atoms with Crippen molar-refractivity contribution in [3.63, 3.8) is 0 Å². The zero-order valence-corrected chi connectivity index (χ0v) is 9.64. The van der Waals surface area contributed by atoms with E-state index in [0.29, 0.717) is 0 Å². The summed E-state index contributed by atoms with van der Waals surface area (Å²) in [4.78, 5) is 45.5. The standard InChI is InChI=1S/C9H15N5O4/c10-6(15)3-14(4-7(11)16)9(18)5-1-13-8(17)2-12-5/h5,12H,1-4H2,(H2,10,15)(H2,11,16)(H,13,17). The topological polar surface area (TPSA) is 148 Å². The van der Waals surface area contributed by atoms with Gasteiger partial charge in [0.2, 0.25) is 23.6 Å². The summed E-state index contributed by atoms with van der Waals surface area (Å²) in [5.41, 5.74) is 9.97. The SMILES string of the molecule is NC(=O)CN(CC(N)=O)C(=O)C1CNC(=O)CN1. The third-order valence-corrected chi connectivity index (χ3v) is 2.32. The fraction of sp³-hybridized carbons (Fsp3) is 0.556. The number of nitrogens with two attached hydrogens (primary N) is 2. The molecule has 4 amide bonds. The van der Waals surface area contributed by atoms with Gasteiger partial charge in [-0.25, -0.2) is 0 Å². The predicted molar refractivity (Wildman–Crippen MR) is 59.8 cm³/mol. The second-order valence-corrected chi connectivity index (χ2v) is 3.86. The maximum atomic E-state index is 12.0. The average molecular weight is 257 g/mol. The number of amides is 4. The van der Waals surface area contributed by atoms with Crippen LogP contribution in [0.1, 0.15) is 0 Å². The summed E-state index contributed by atoms with van der Waals surface area (Å²) in [5.74, 6) is -2.23. The number of nitrogens with one attached hydrogen (secondary N) is 2. The Bertz CT molecular complexity index is 357. The maximum Gasteiger partial charge on any atom is 0.242 e. The molecule has 1 aliphatic rings. The van der Waals surface area contributed by atoms with Crippen LogP contribution in [0.25, 0.3) is 0 Å². The Hall–Kier alpha value is -2.16. The highest BCUT2D eigenvalue weighted by Gasteiger charge is 2.29. The van der Waals surface area contributed by atoms with Crippen LogP contribution in [0.15, 0.2) is 0 Å². The van der Waals surface area contributed by atoms with Gasteiger partial charge in [0.25, 0.3) is 0 Å². The summed E-state index contributed by atoms with van der Waals surface area (Å²) < 4.78 is 0. The Kier molecular flexibility index (Phi) is 4.60.